The van der Waals surface area contributed by atoms with Gasteiger partial charge in [0.05, 0.1) is 17.1 Å². The zero-order valence-corrected chi connectivity index (χ0v) is 16.0. The van der Waals surface area contributed by atoms with Gasteiger partial charge in [0, 0.05) is 11.0 Å². The minimum atomic E-state index is -0.540. The minimum Gasteiger partial charge on any atom is -0.491 e. The number of hydrogen-bond donors (Lipinski definition) is 1. The summed E-state index contributed by atoms with van der Waals surface area (Å²) in [6.07, 6.45) is 1.94. The summed E-state index contributed by atoms with van der Waals surface area (Å²) in [5.74, 6) is 0.285. The summed E-state index contributed by atoms with van der Waals surface area (Å²) < 4.78 is 5.60. The summed E-state index contributed by atoms with van der Waals surface area (Å²) in [6.45, 7) is 5.74. The van der Waals surface area contributed by atoms with Crippen LogP contribution in [0.15, 0.2) is 47.4 Å². The number of hydrogen-bond acceptors (Lipinski definition) is 5. The molecule has 0 saturated heterocycles. The van der Waals surface area contributed by atoms with E-state index in [9.17, 15) is 14.9 Å². The molecule has 0 saturated carbocycles. The fourth-order valence-electron chi connectivity index (χ4n) is 2.45. The van der Waals surface area contributed by atoms with E-state index in [1.807, 2.05) is 51.3 Å². The fraction of sp³-hybridized carbons (Fsp3) is 0.316. The third-order valence-corrected chi connectivity index (χ3v) is 4.47. The van der Waals surface area contributed by atoms with Crippen molar-refractivity contribution in [3.8, 4) is 5.75 Å². The standard InChI is InChI=1S/C19H22N2O4S/c1-12(2)25-15-7-5-14(6-8-15)13(3)20-19(22)17-11-16(26-4)9-10-18(17)21(23)24/h5-13H,1-4H3,(H,20,22). The summed E-state index contributed by atoms with van der Waals surface area (Å²) in [5.41, 5.74) is 0.750. The molecule has 1 N–H and O–H groups in total. The first-order valence-corrected chi connectivity index (χ1v) is 9.44. The van der Waals surface area contributed by atoms with E-state index in [-0.39, 0.29) is 23.4 Å². The Morgan fingerprint density at radius 2 is 1.81 bits per heavy atom. The van der Waals surface area contributed by atoms with E-state index in [1.54, 1.807) is 12.1 Å². The lowest BCUT2D eigenvalue weighted by atomic mass is 10.1. The summed E-state index contributed by atoms with van der Waals surface area (Å²) in [5, 5.41) is 14.0. The number of nitro benzene ring substituents is 1. The summed E-state index contributed by atoms with van der Waals surface area (Å²) >= 11 is 1.43. The second kappa shape index (κ2) is 8.71. The first-order valence-electron chi connectivity index (χ1n) is 8.21. The van der Waals surface area contributed by atoms with Gasteiger partial charge in [0.25, 0.3) is 11.6 Å². The van der Waals surface area contributed by atoms with Crippen molar-refractivity contribution < 1.29 is 14.5 Å². The molecule has 6 nitrogen and oxygen atoms in total. The van der Waals surface area contributed by atoms with Crippen LogP contribution in [0.3, 0.4) is 0 Å². The van der Waals surface area contributed by atoms with Crippen LogP contribution < -0.4 is 10.1 Å². The van der Waals surface area contributed by atoms with E-state index in [1.165, 1.54) is 17.8 Å². The van der Waals surface area contributed by atoms with Gasteiger partial charge in [-0.1, -0.05) is 12.1 Å². The van der Waals surface area contributed by atoms with Crippen molar-refractivity contribution in [2.75, 3.05) is 6.26 Å². The van der Waals surface area contributed by atoms with Crippen LogP contribution in [-0.2, 0) is 0 Å². The van der Waals surface area contributed by atoms with Crippen molar-refractivity contribution in [1.29, 1.82) is 0 Å². The van der Waals surface area contributed by atoms with Crippen molar-refractivity contribution in [3.05, 3.63) is 63.7 Å². The highest BCUT2D eigenvalue weighted by molar-refractivity contribution is 7.98. The molecule has 0 aliphatic carbocycles. The van der Waals surface area contributed by atoms with Gasteiger partial charge in [0.1, 0.15) is 11.3 Å². The van der Waals surface area contributed by atoms with E-state index in [0.29, 0.717) is 0 Å². The monoisotopic (exact) mass is 374 g/mol. The second-order valence-electron chi connectivity index (χ2n) is 6.07. The van der Waals surface area contributed by atoms with Crippen molar-refractivity contribution in [2.45, 2.75) is 37.8 Å². The molecule has 0 spiro atoms. The quantitative estimate of drug-likeness (QED) is 0.435. The lowest BCUT2D eigenvalue weighted by molar-refractivity contribution is -0.385. The third kappa shape index (κ3) is 4.98. The molecule has 2 rings (SSSR count). The maximum atomic E-state index is 12.6. The molecule has 2 aromatic rings. The van der Waals surface area contributed by atoms with Gasteiger partial charge >= 0.3 is 0 Å². The Kier molecular flexibility index (Phi) is 6.63. The average Bonchev–Trinajstić information content (AvgIpc) is 2.61. The zero-order valence-electron chi connectivity index (χ0n) is 15.2. The van der Waals surface area contributed by atoms with Gasteiger partial charge < -0.3 is 10.1 Å². The second-order valence-corrected chi connectivity index (χ2v) is 6.95. The molecule has 7 heteroatoms. The molecule has 1 amide bonds. The number of nitrogens with zero attached hydrogens (tertiary/aromatic N) is 1. The fourth-order valence-corrected chi connectivity index (χ4v) is 2.89. The van der Waals surface area contributed by atoms with Crippen LogP contribution in [-0.4, -0.2) is 23.2 Å². The van der Waals surface area contributed by atoms with E-state index >= 15 is 0 Å². The molecule has 0 bridgehead atoms. The van der Waals surface area contributed by atoms with Crippen molar-refractivity contribution in [2.24, 2.45) is 0 Å². The zero-order chi connectivity index (χ0) is 19.3. The molecule has 0 radical (unpaired) electrons. The Balaban J connectivity index is 2.17. The number of benzene rings is 2. The van der Waals surface area contributed by atoms with Gasteiger partial charge in [-0.3, -0.25) is 14.9 Å². The van der Waals surface area contributed by atoms with Gasteiger partial charge in [0.2, 0.25) is 0 Å². The molecule has 1 unspecified atom stereocenters. The largest absolute Gasteiger partial charge is 0.491 e. The Morgan fingerprint density at radius 3 is 2.35 bits per heavy atom. The van der Waals surface area contributed by atoms with Crippen molar-refractivity contribution in [1.82, 2.24) is 5.32 Å². The number of thioether (sulfide) groups is 1. The van der Waals surface area contributed by atoms with Gasteiger partial charge in [0.15, 0.2) is 0 Å². The number of nitro groups is 1. The minimum absolute atomic E-state index is 0.0634. The van der Waals surface area contributed by atoms with E-state index < -0.39 is 10.8 Å². The summed E-state index contributed by atoms with van der Waals surface area (Å²) in [7, 11) is 0. The molecule has 0 aliphatic rings. The van der Waals surface area contributed by atoms with Crippen molar-refractivity contribution in [3.63, 3.8) is 0 Å². The number of ether oxygens (including phenoxy) is 1. The Hall–Kier alpha value is -2.54. The topological polar surface area (TPSA) is 81.5 Å². The number of amides is 1. The summed E-state index contributed by atoms with van der Waals surface area (Å²) in [4.78, 5) is 24.1. The van der Waals surface area contributed by atoms with Crippen LogP contribution in [0, 0.1) is 10.1 Å². The molecule has 0 heterocycles. The normalized spacial score (nSPS) is 11.9. The Morgan fingerprint density at radius 1 is 1.15 bits per heavy atom. The van der Waals surface area contributed by atoms with E-state index in [2.05, 4.69) is 5.32 Å². The number of nitrogens with one attached hydrogen (secondary N) is 1. The number of carbonyl (C=O) groups is 1. The molecule has 26 heavy (non-hydrogen) atoms. The van der Waals surface area contributed by atoms with Gasteiger partial charge in [-0.2, -0.15) is 0 Å². The average molecular weight is 374 g/mol. The van der Waals surface area contributed by atoms with Gasteiger partial charge in [-0.05, 0) is 56.9 Å². The Bertz CT molecular complexity index is 791. The maximum Gasteiger partial charge on any atom is 0.282 e. The van der Waals surface area contributed by atoms with Gasteiger partial charge in [-0.25, -0.2) is 0 Å². The highest BCUT2D eigenvalue weighted by Crippen LogP contribution is 2.26. The van der Waals surface area contributed by atoms with Crippen molar-refractivity contribution >= 4 is 23.4 Å². The molecular weight excluding hydrogens is 352 g/mol. The van der Waals surface area contributed by atoms with Crippen LogP contribution in [0.4, 0.5) is 5.69 Å². The molecule has 0 aromatic heterocycles. The smallest absolute Gasteiger partial charge is 0.282 e. The number of rotatable bonds is 7. The van der Waals surface area contributed by atoms with Crippen LogP contribution >= 0.6 is 11.8 Å². The van der Waals surface area contributed by atoms with Crippen LogP contribution in [0.25, 0.3) is 0 Å². The molecule has 2 aromatic carbocycles. The first kappa shape index (κ1) is 19.8. The molecule has 1 atom stereocenters. The highest BCUT2D eigenvalue weighted by atomic mass is 32.2. The predicted molar refractivity (Wildman–Crippen MR) is 103 cm³/mol. The SMILES string of the molecule is CSc1ccc([N+](=O)[O-])c(C(=O)NC(C)c2ccc(OC(C)C)cc2)c1. The summed E-state index contributed by atoms with van der Waals surface area (Å²) in [6, 6.07) is 11.7. The Labute approximate surface area is 157 Å². The third-order valence-electron chi connectivity index (χ3n) is 3.74. The lowest BCUT2D eigenvalue weighted by Crippen LogP contribution is -2.27. The molecular formula is C19H22N2O4S. The highest BCUT2D eigenvalue weighted by Gasteiger charge is 2.22. The lowest BCUT2D eigenvalue weighted by Gasteiger charge is -2.16. The van der Waals surface area contributed by atoms with E-state index in [4.69, 9.17) is 4.74 Å². The predicted octanol–water partition coefficient (Wildman–Crippen LogP) is 4.59. The van der Waals surface area contributed by atoms with Crippen LogP contribution in [0.2, 0.25) is 0 Å². The molecule has 0 fully saturated rings. The molecule has 0 aliphatic heterocycles. The number of carbonyl (C=O) groups excluding carboxylic acids is 1. The molecule has 138 valence electrons. The van der Waals surface area contributed by atoms with Gasteiger partial charge in [-0.15, -0.1) is 11.8 Å². The first-order chi connectivity index (χ1) is 12.3. The van der Waals surface area contributed by atoms with Crippen LogP contribution in [0.5, 0.6) is 5.75 Å². The maximum absolute atomic E-state index is 12.6. The van der Waals surface area contributed by atoms with Crippen LogP contribution in [0.1, 0.15) is 42.7 Å². The van der Waals surface area contributed by atoms with E-state index in [0.717, 1.165) is 16.2 Å².